The second-order valence-electron chi connectivity index (χ2n) is 8.07. The summed E-state index contributed by atoms with van der Waals surface area (Å²) in [6.45, 7) is 0. The molecule has 5 rings (SSSR count). The Morgan fingerprint density at radius 1 is 0.931 bits per heavy atom. The number of rotatable bonds is 3. The predicted octanol–water partition coefficient (Wildman–Crippen LogP) is 6.57. The number of benzene rings is 2. The molecule has 0 aliphatic heterocycles. The lowest BCUT2D eigenvalue weighted by Gasteiger charge is -2.24. The summed E-state index contributed by atoms with van der Waals surface area (Å²) in [6.07, 6.45) is 0.629. The van der Waals surface area contributed by atoms with Crippen LogP contribution in [0.2, 0.25) is 5.28 Å². The van der Waals surface area contributed by atoms with E-state index in [0.29, 0.717) is 28.9 Å². The highest BCUT2D eigenvalue weighted by Gasteiger charge is 2.39. The van der Waals surface area contributed by atoms with Gasteiger partial charge in [-0.3, -0.25) is 0 Å². The molecule has 150 valence electrons. The SMILES string of the molecule is FC(F)(F)c1ccc(-c2ccc3nc(Cl)nc(N[C@@H]4C[C@H]5CC[C@@H]4C5)c3c2)cc1. The van der Waals surface area contributed by atoms with Gasteiger partial charge in [0.2, 0.25) is 5.28 Å². The van der Waals surface area contributed by atoms with Crippen molar-refractivity contribution in [3.05, 3.63) is 53.3 Å². The minimum Gasteiger partial charge on any atom is -0.366 e. The minimum atomic E-state index is -4.34. The van der Waals surface area contributed by atoms with E-state index in [4.69, 9.17) is 11.6 Å². The van der Waals surface area contributed by atoms with Crippen molar-refractivity contribution in [3.8, 4) is 11.1 Å². The van der Waals surface area contributed by atoms with Crippen LogP contribution in [-0.4, -0.2) is 16.0 Å². The molecule has 1 N–H and O–H groups in total. The molecule has 2 aromatic carbocycles. The Hall–Kier alpha value is -2.34. The van der Waals surface area contributed by atoms with E-state index in [9.17, 15) is 13.2 Å². The molecule has 3 atom stereocenters. The number of fused-ring (bicyclic) bond motifs is 3. The Balaban J connectivity index is 1.51. The maximum Gasteiger partial charge on any atom is 0.416 e. The minimum absolute atomic E-state index is 0.186. The molecular weight excluding hydrogens is 399 g/mol. The molecule has 2 saturated carbocycles. The second-order valence-corrected chi connectivity index (χ2v) is 8.41. The molecule has 3 aromatic rings. The Labute approximate surface area is 171 Å². The lowest BCUT2D eigenvalue weighted by Crippen LogP contribution is -2.26. The fourth-order valence-corrected chi connectivity index (χ4v) is 5.01. The van der Waals surface area contributed by atoms with Crippen LogP contribution in [0.4, 0.5) is 19.0 Å². The van der Waals surface area contributed by atoms with Crippen molar-refractivity contribution in [1.82, 2.24) is 9.97 Å². The third-order valence-electron chi connectivity index (χ3n) is 6.27. The summed E-state index contributed by atoms with van der Waals surface area (Å²) in [4.78, 5) is 8.73. The van der Waals surface area contributed by atoms with Gasteiger partial charge in [-0.2, -0.15) is 13.2 Å². The summed E-state index contributed by atoms with van der Waals surface area (Å²) in [7, 11) is 0. The highest BCUT2D eigenvalue weighted by Crippen LogP contribution is 2.46. The second kappa shape index (κ2) is 6.87. The van der Waals surface area contributed by atoms with Gasteiger partial charge in [0.25, 0.3) is 0 Å². The summed E-state index contributed by atoms with van der Waals surface area (Å²) >= 11 is 6.14. The van der Waals surface area contributed by atoms with E-state index in [0.717, 1.165) is 35.4 Å². The van der Waals surface area contributed by atoms with Crippen LogP contribution < -0.4 is 5.32 Å². The van der Waals surface area contributed by atoms with Crippen LogP contribution in [0.15, 0.2) is 42.5 Å². The first-order valence-corrected chi connectivity index (χ1v) is 10.2. The Kier molecular flexibility index (Phi) is 4.42. The molecule has 7 heteroatoms. The standard InChI is InChI=1S/C22H19ClF3N3/c23-21-28-18-8-5-14(13-3-6-16(7-4-13)22(24,25)26)11-17(18)20(29-21)27-19-10-12-1-2-15(19)9-12/h3-8,11-12,15,19H,1-2,9-10H2,(H,27,28,29)/t12-,15+,19+/m0/s1. The van der Waals surface area contributed by atoms with Gasteiger partial charge in [0.1, 0.15) is 5.82 Å². The summed E-state index contributed by atoms with van der Waals surface area (Å²) in [5.74, 6) is 2.16. The Morgan fingerprint density at radius 2 is 1.69 bits per heavy atom. The van der Waals surface area contributed by atoms with E-state index in [1.54, 1.807) is 0 Å². The van der Waals surface area contributed by atoms with Gasteiger partial charge in [-0.25, -0.2) is 9.97 Å². The first-order chi connectivity index (χ1) is 13.9. The number of halogens is 4. The largest absolute Gasteiger partial charge is 0.416 e. The average Bonchev–Trinajstić information content (AvgIpc) is 3.30. The van der Waals surface area contributed by atoms with E-state index in [2.05, 4.69) is 15.3 Å². The zero-order chi connectivity index (χ0) is 20.2. The molecule has 1 heterocycles. The van der Waals surface area contributed by atoms with Crippen molar-refractivity contribution in [2.24, 2.45) is 11.8 Å². The normalized spacial score (nSPS) is 23.7. The van der Waals surface area contributed by atoms with Gasteiger partial charge in [0.15, 0.2) is 0 Å². The van der Waals surface area contributed by atoms with Crippen molar-refractivity contribution in [3.63, 3.8) is 0 Å². The van der Waals surface area contributed by atoms with E-state index < -0.39 is 11.7 Å². The van der Waals surface area contributed by atoms with Crippen LogP contribution in [0.25, 0.3) is 22.0 Å². The monoisotopic (exact) mass is 417 g/mol. The van der Waals surface area contributed by atoms with Crippen molar-refractivity contribution < 1.29 is 13.2 Å². The Bertz CT molecular complexity index is 1070. The topological polar surface area (TPSA) is 37.8 Å². The maximum absolute atomic E-state index is 12.8. The van der Waals surface area contributed by atoms with E-state index in [-0.39, 0.29) is 5.28 Å². The highest BCUT2D eigenvalue weighted by molar-refractivity contribution is 6.28. The lowest BCUT2D eigenvalue weighted by molar-refractivity contribution is -0.137. The molecule has 2 fully saturated rings. The number of anilines is 1. The summed E-state index contributed by atoms with van der Waals surface area (Å²) < 4.78 is 38.5. The van der Waals surface area contributed by atoms with Crippen molar-refractivity contribution in [1.29, 1.82) is 0 Å². The molecule has 0 radical (unpaired) electrons. The fourth-order valence-electron chi connectivity index (χ4n) is 4.84. The van der Waals surface area contributed by atoms with Gasteiger partial charge in [-0.05, 0) is 78.1 Å². The van der Waals surface area contributed by atoms with Crippen molar-refractivity contribution in [2.45, 2.75) is 37.9 Å². The van der Waals surface area contributed by atoms with Crippen LogP contribution in [0.5, 0.6) is 0 Å². The van der Waals surface area contributed by atoms with Crippen LogP contribution in [0.3, 0.4) is 0 Å². The van der Waals surface area contributed by atoms with Gasteiger partial charge in [0.05, 0.1) is 11.1 Å². The molecule has 0 saturated heterocycles. The number of hydrogen-bond donors (Lipinski definition) is 1. The number of alkyl halides is 3. The summed E-state index contributed by atoms with van der Waals surface area (Å²) in [5, 5.41) is 4.59. The first kappa shape index (κ1) is 18.7. The van der Waals surface area contributed by atoms with Gasteiger partial charge >= 0.3 is 6.18 Å². The smallest absolute Gasteiger partial charge is 0.366 e. The average molecular weight is 418 g/mol. The maximum atomic E-state index is 12.8. The quantitative estimate of drug-likeness (QED) is 0.490. The summed E-state index contributed by atoms with van der Waals surface area (Å²) in [6, 6.07) is 11.2. The molecule has 1 aromatic heterocycles. The van der Waals surface area contributed by atoms with Gasteiger partial charge < -0.3 is 5.32 Å². The van der Waals surface area contributed by atoms with Crippen LogP contribution in [-0.2, 0) is 6.18 Å². The van der Waals surface area contributed by atoms with Gasteiger partial charge in [-0.15, -0.1) is 0 Å². The zero-order valence-electron chi connectivity index (χ0n) is 15.5. The molecule has 0 unspecified atom stereocenters. The molecule has 2 aliphatic rings. The molecule has 3 nitrogen and oxygen atoms in total. The van der Waals surface area contributed by atoms with Crippen LogP contribution in [0, 0.1) is 11.8 Å². The van der Waals surface area contributed by atoms with Gasteiger partial charge in [-0.1, -0.05) is 24.6 Å². The third kappa shape index (κ3) is 3.54. The molecule has 2 aliphatic carbocycles. The first-order valence-electron chi connectivity index (χ1n) is 9.78. The van der Waals surface area contributed by atoms with Crippen molar-refractivity contribution >= 4 is 28.3 Å². The molecule has 29 heavy (non-hydrogen) atoms. The molecule has 0 spiro atoms. The molecule has 2 bridgehead atoms. The highest BCUT2D eigenvalue weighted by atomic mass is 35.5. The van der Waals surface area contributed by atoms with Crippen LogP contribution >= 0.6 is 11.6 Å². The van der Waals surface area contributed by atoms with E-state index in [1.807, 2.05) is 18.2 Å². The van der Waals surface area contributed by atoms with Crippen LogP contribution in [0.1, 0.15) is 31.2 Å². The van der Waals surface area contributed by atoms with Crippen molar-refractivity contribution in [2.75, 3.05) is 5.32 Å². The predicted molar refractivity (Wildman–Crippen MR) is 108 cm³/mol. The Morgan fingerprint density at radius 3 is 2.34 bits per heavy atom. The third-order valence-corrected chi connectivity index (χ3v) is 6.44. The number of hydrogen-bond acceptors (Lipinski definition) is 3. The van der Waals surface area contributed by atoms with Gasteiger partial charge in [0, 0.05) is 11.4 Å². The number of nitrogens with zero attached hydrogens (tertiary/aromatic N) is 2. The number of nitrogens with one attached hydrogen (secondary N) is 1. The molecular formula is C22H19ClF3N3. The van der Waals surface area contributed by atoms with E-state index >= 15 is 0 Å². The molecule has 0 amide bonds. The number of aromatic nitrogens is 2. The summed E-state index contributed by atoms with van der Waals surface area (Å²) in [5.41, 5.74) is 1.58. The fraction of sp³-hybridized carbons (Fsp3) is 0.364. The van der Waals surface area contributed by atoms with E-state index in [1.165, 1.54) is 31.4 Å². The lowest BCUT2D eigenvalue weighted by atomic mass is 9.95. The zero-order valence-corrected chi connectivity index (χ0v) is 16.3.